The summed E-state index contributed by atoms with van der Waals surface area (Å²) < 4.78 is 3.82. The van der Waals surface area contributed by atoms with Gasteiger partial charge in [-0.15, -0.1) is 5.10 Å². The van der Waals surface area contributed by atoms with Crippen molar-refractivity contribution in [3.8, 4) is 0 Å². The van der Waals surface area contributed by atoms with Crippen LogP contribution in [0.4, 0.5) is 11.4 Å². The predicted octanol–water partition coefficient (Wildman–Crippen LogP) is 4.07. The highest BCUT2D eigenvalue weighted by molar-refractivity contribution is 7.07. The van der Waals surface area contributed by atoms with Crippen LogP contribution in [0, 0.1) is 0 Å². The van der Waals surface area contributed by atoms with Gasteiger partial charge in [0.05, 0.1) is 12.2 Å². The number of anilines is 2. The Morgan fingerprint density at radius 3 is 2.50 bits per heavy atom. The fourth-order valence-electron chi connectivity index (χ4n) is 3.89. The van der Waals surface area contributed by atoms with Gasteiger partial charge in [-0.05, 0) is 48.6 Å². The van der Waals surface area contributed by atoms with Gasteiger partial charge in [-0.2, -0.15) is 0 Å². The molecule has 0 N–H and O–H groups in total. The highest BCUT2D eigenvalue weighted by atomic mass is 32.1. The monoisotopic (exact) mass is 392 g/mol. The van der Waals surface area contributed by atoms with Crippen LogP contribution < -0.4 is 9.80 Å². The number of nitrogens with zero attached hydrogens (tertiary/aromatic N) is 4. The smallest absolute Gasteiger partial charge is 0.271 e. The van der Waals surface area contributed by atoms with Gasteiger partial charge in [0.25, 0.3) is 5.91 Å². The Hall–Kier alpha value is -3.06. The maximum atomic E-state index is 13.1. The molecule has 2 unspecified atom stereocenters. The summed E-state index contributed by atoms with van der Waals surface area (Å²) >= 11 is 1.09. The Bertz CT molecular complexity index is 991. The molecule has 0 fully saturated rings. The molecule has 1 aliphatic heterocycles. The largest absolute Gasteiger partial charge is 0.305 e. The lowest BCUT2D eigenvalue weighted by atomic mass is 9.89. The van der Waals surface area contributed by atoms with Gasteiger partial charge in [0.1, 0.15) is 4.88 Å². The van der Waals surface area contributed by atoms with Crippen LogP contribution in [0.3, 0.4) is 0 Å². The number of carbonyl (C=O) groups excluding carboxylic acids is 2. The van der Waals surface area contributed by atoms with Crippen LogP contribution in [0.25, 0.3) is 0 Å². The minimum absolute atomic E-state index is 0.0235. The molecule has 0 radical (unpaired) electrons. The van der Waals surface area contributed by atoms with E-state index >= 15 is 0 Å². The van der Waals surface area contributed by atoms with Crippen LogP contribution in [-0.4, -0.2) is 27.4 Å². The maximum absolute atomic E-state index is 13.1. The van der Waals surface area contributed by atoms with Gasteiger partial charge in [-0.3, -0.25) is 9.59 Å². The van der Waals surface area contributed by atoms with Crippen molar-refractivity contribution in [1.29, 1.82) is 0 Å². The molecule has 2 aromatic carbocycles. The molecule has 4 rings (SSSR count). The van der Waals surface area contributed by atoms with Gasteiger partial charge in [-0.25, -0.2) is 0 Å². The molecule has 3 aromatic rings. The fraction of sp³-hybridized carbons (Fsp3) is 0.238. The third-order valence-electron chi connectivity index (χ3n) is 5.04. The first-order valence-electron chi connectivity index (χ1n) is 9.12. The van der Waals surface area contributed by atoms with E-state index in [-0.39, 0.29) is 23.9 Å². The SMILES string of the molecule is CC(=O)N(c1ccccc1)C1CC(C)N(C(=O)c2cnns2)c2ccccc21. The molecular formula is C21H20N4O2S. The lowest BCUT2D eigenvalue weighted by Gasteiger charge is -2.43. The number of hydrogen-bond donors (Lipinski definition) is 0. The molecule has 28 heavy (non-hydrogen) atoms. The quantitative estimate of drug-likeness (QED) is 0.674. The lowest BCUT2D eigenvalue weighted by molar-refractivity contribution is -0.117. The average Bonchev–Trinajstić information content (AvgIpc) is 3.23. The van der Waals surface area contributed by atoms with Gasteiger partial charge >= 0.3 is 0 Å². The van der Waals surface area contributed by atoms with Gasteiger partial charge in [-0.1, -0.05) is 40.9 Å². The minimum atomic E-state index is -0.144. The zero-order chi connectivity index (χ0) is 19.7. The molecule has 2 amide bonds. The summed E-state index contributed by atoms with van der Waals surface area (Å²) in [5, 5.41) is 3.79. The summed E-state index contributed by atoms with van der Waals surface area (Å²) in [5.41, 5.74) is 2.64. The molecule has 142 valence electrons. The van der Waals surface area contributed by atoms with Gasteiger partial charge < -0.3 is 9.80 Å². The molecule has 0 saturated heterocycles. The molecule has 1 aliphatic rings. The van der Waals surface area contributed by atoms with Crippen molar-refractivity contribution >= 4 is 34.7 Å². The van der Waals surface area contributed by atoms with E-state index in [0.717, 1.165) is 28.5 Å². The zero-order valence-corrected chi connectivity index (χ0v) is 16.5. The lowest BCUT2D eigenvalue weighted by Crippen LogP contribution is -2.47. The van der Waals surface area contributed by atoms with E-state index in [2.05, 4.69) is 9.59 Å². The van der Waals surface area contributed by atoms with Crippen molar-refractivity contribution in [2.24, 2.45) is 0 Å². The predicted molar refractivity (Wildman–Crippen MR) is 110 cm³/mol. The molecule has 2 atom stereocenters. The average molecular weight is 392 g/mol. The van der Waals surface area contributed by atoms with E-state index in [1.54, 1.807) is 11.8 Å². The van der Waals surface area contributed by atoms with Crippen LogP contribution in [0.1, 0.15) is 41.5 Å². The highest BCUT2D eigenvalue weighted by Gasteiger charge is 2.38. The Labute approximate surface area is 167 Å². The highest BCUT2D eigenvalue weighted by Crippen LogP contribution is 2.42. The number of fused-ring (bicyclic) bond motifs is 1. The standard InChI is InChI=1S/C21H20N4O2S/c1-14-12-19(25(15(2)26)16-8-4-3-5-9-16)17-10-6-7-11-18(17)24(14)21(27)20-13-22-23-28-20/h3-11,13-14,19H,12H2,1-2H3. The number of aromatic nitrogens is 2. The van der Waals surface area contributed by atoms with Crippen LogP contribution in [0.2, 0.25) is 0 Å². The van der Waals surface area contributed by atoms with E-state index in [9.17, 15) is 9.59 Å². The second kappa shape index (κ2) is 7.52. The van der Waals surface area contributed by atoms with Crippen LogP contribution in [-0.2, 0) is 4.79 Å². The summed E-state index contributed by atoms with van der Waals surface area (Å²) in [7, 11) is 0. The maximum Gasteiger partial charge on any atom is 0.271 e. The molecule has 7 heteroatoms. The molecule has 1 aromatic heterocycles. The second-order valence-corrected chi connectivity index (χ2v) is 7.63. The number of rotatable bonds is 3. The molecule has 2 heterocycles. The molecular weight excluding hydrogens is 372 g/mol. The normalized spacial score (nSPS) is 18.4. The van der Waals surface area contributed by atoms with E-state index < -0.39 is 0 Å². The van der Waals surface area contributed by atoms with Gasteiger partial charge in [0.15, 0.2) is 0 Å². The van der Waals surface area contributed by atoms with Crippen molar-refractivity contribution < 1.29 is 9.59 Å². The van der Waals surface area contributed by atoms with Crippen LogP contribution in [0.5, 0.6) is 0 Å². The molecule has 0 bridgehead atoms. The second-order valence-electron chi connectivity index (χ2n) is 6.84. The number of benzene rings is 2. The topological polar surface area (TPSA) is 66.4 Å². The Morgan fingerprint density at radius 1 is 1.11 bits per heavy atom. The van der Waals surface area contributed by atoms with Gasteiger partial charge in [0.2, 0.25) is 5.91 Å². The van der Waals surface area contributed by atoms with Crippen LogP contribution >= 0.6 is 11.5 Å². The summed E-state index contributed by atoms with van der Waals surface area (Å²) in [6.07, 6.45) is 2.14. The number of hydrogen-bond acceptors (Lipinski definition) is 5. The molecule has 0 saturated carbocycles. The first-order chi connectivity index (χ1) is 13.6. The van der Waals surface area contributed by atoms with E-state index in [0.29, 0.717) is 11.3 Å². The number of carbonyl (C=O) groups is 2. The fourth-order valence-corrected chi connectivity index (χ4v) is 4.34. The third kappa shape index (κ3) is 3.18. The number of para-hydroxylation sites is 2. The third-order valence-corrected chi connectivity index (χ3v) is 5.69. The van der Waals surface area contributed by atoms with Gasteiger partial charge in [0, 0.05) is 24.3 Å². The van der Waals surface area contributed by atoms with Crippen molar-refractivity contribution in [3.05, 3.63) is 71.2 Å². The van der Waals surface area contributed by atoms with Crippen molar-refractivity contribution in [2.45, 2.75) is 32.4 Å². The van der Waals surface area contributed by atoms with Crippen LogP contribution in [0.15, 0.2) is 60.8 Å². The minimum Gasteiger partial charge on any atom is -0.305 e. The molecule has 6 nitrogen and oxygen atoms in total. The van der Waals surface area contributed by atoms with Crippen molar-refractivity contribution in [2.75, 3.05) is 9.80 Å². The zero-order valence-electron chi connectivity index (χ0n) is 15.6. The summed E-state index contributed by atoms with van der Waals surface area (Å²) in [5.74, 6) is -0.132. The van der Waals surface area contributed by atoms with E-state index in [1.807, 2.05) is 66.4 Å². The summed E-state index contributed by atoms with van der Waals surface area (Å²) in [6.45, 7) is 3.60. The van der Waals surface area contributed by atoms with Crippen molar-refractivity contribution in [3.63, 3.8) is 0 Å². The molecule has 0 spiro atoms. The first-order valence-corrected chi connectivity index (χ1v) is 9.90. The van der Waals surface area contributed by atoms with E-state index in [4.69, 9.17) is 0 Å². The first kappa shape index (κ1) is 18.3. The summed E-state index contributed by atoms with van der Waals surface area (Å²) in [4.78, 5) is 29.8. The Balaban J connectivity index is 1.79. The van der Waals surface area contributed by atoms with E-state index in [1.165, 1.54) is 6.20 Å². The Kier molecular flexibility index (Phi) is 4.92. The summed E-state index contributed by atoms with van der Waals surface area (Å²) in [6, 6.07) is 17.2. The number of amides is 2. The Morgan fingerprint density at radius 2 is 1.82 bits per heavy atom. The molecule has 0 aliphatic carbocycles. The van der Waals surface area contributed by atoms with Crippen molar-refractivity contribution in [1.82, 2.24) is 9.59 Å².